The van der Waals surface area contributed by atoms with Crippen molar-refractivity contribution >= 4 is 0 Å². The Morgan fingerprint density at radius 1 is 1.00 bits per heavy atom. The number of hydrogen-bond donors (Lipinski definition) is 0. The lowest BCUT2D eigenvalue weighted by molar-refractivity contribution is -0.287. The molecular weight excluding hydrogens is 363 g/mol. The molecular formula is C19H14F3NO4. The summed E-state index contributed by atoms with van der Waals surface area (Å²) < 4.78 is 61.5. The van der Waals surface area contributed by atoms with Crippen molar-refractivity contribution in [1.29, 1.82) is 0 Å². The molecule has 0 saturated heterocycles. The van der Waals surface area contributed by atoms with E-state index in [1.165, 1.54) is 6.07 Å². The second-order valence-corrected chi connectivity index (χ2v) is 7.17. The lowest BCUT2D eigenvalue weighted by Crippen LogP contribution is -2.39. The molecule has 0 unspecified atom stereocenters. The third-order valence-electron chi connectivity index (χ3n) is 5.70. The topological polar surface area (TPSA) is 40.2 Å². The highest BCUT2D eigenvalue weighted by atomic mass is 19.3. The summed E-state index contributed by atoms with van der Waals surface area (Å²) in [5.74, 6) is -0.0843. The van der Waals surface area contributed by atoms with Gasteiger partial charge in [-0.05, 0) is 53.3 Å². The zero-order valence-corrected chi connectivity index (χ0v) is 14.1. The highest BCUT2D eigenvalue weighted by molar-refractivity contribution is 5.54. The molecule has 2 aromatic rings. The Balaban J connectivity index is 1.44. The van der Waals surface area contributed by atoms with Crippen molar-refractivity contribution in [2.45, 2.75) is 31.7 Å². The molecule has 4 aliphatic heterocycles. The van der Waals surface area contributed by atoms with E-state index in [2.05, 4.69) is 14.4 Å². The number of hydrogen-bond acceptors (Lipinski definition) is 5. The molecule has 0 bridgehead atoms. The summed E-state index contributed by atoms with van der Waals surface area (Å²) >= 11 is 0. The molecule has 2 aromatic carbocycles. The quantitative estimate of drug-likeness (QED) is 0.703. The summed E-state index contributed by atoms with van der Waals surface area (Å²) in [6.45, 7) is 1.46. The number of halogens is 3. The van der Waals surface area contributed by atoms with Gasteiger partial charge in [0.05, 0.1) is 0 Å². The van der Waals surface area contributed by atoms with Crippen LogP contribution >= 0.6 is 0 Å². The Bertz CT molecular complexity index is 994. The minimum Gasteiger partial charge on any atom is -0.454 e. The van der Waals surface area contributed by atoms with Crippen LogP contribution in [0.1, 0.15) is 28.3 Å². The molecule has 27 heavy (non-hydrogen) atoms. The molecule has 6 rings (SSSR count). The summed E-state index contributed by atoms with van der Waals surface area (Å²) in [6, 6.07) is 5.37. The Morgan fingerprint density at radius 3 is 2.63 bits per heavy atom. The van der Waals surface area contributed by atoms with Crippen LogP contribution < -0.4 is 18.9 Å². The van der Waals surface area contributed by atoms with E-state index >= 15 is 0 Å². The lowest BCUT2D eigenvalue weighted by atomic mass is 9.83. The molecule has 0 N–H and O–H groups in total. The van der Waals surface area contributed by atoms with E-state index in [0.717, 1.165) is 29.8 Å². The molecule has 8 heteroatoms. The standard InChI is InChI=1S/C19H14F3NO4/c20-17-12-5-13-11-6-15-14(24-8-25-15)3-9(11)1-2-23(13)7-10(12)4-16-18(17)27-19(21,22)26-16/h3-4,6,13H,1-2,5,7-8H2/t13-/m0/s1. The molecule has 0 fully saturated rings. The molecule has 0 amide bonds. The molecule has 140 valence electrons. The normalized spacial score (nSPS) is 23.6. The minimum absolute atomic E-state index is 0.0499. The Morgan fingerprint density at radius 2 is 1.78 bits per heavy atom. The minimum atomic E-state index is -3.83. The zero-order valence-electron chi connectivity index (χ0n) is 14.1. The van der Waals surface area contributed by atoms with Crippen molar-refractivity contribution < 1.29 is 32.1 Å². The maximum atomic E-state index is 15.0. The maximum absolute atomic E-state index is 15.0. The van der Waals surface area contributed by atoms with Crippen LogP contribution in [0, 0.1) is 5.82 Å². The molecule has 1 atom stereocenters. The van der Waals surface area contributed by atoms with Crippen molar-refractivity contribution in [2.75, 3.05) is 13.3 Å². The van der Waals surface area contributed by atoms with Crippen molar-refractivity contribution in [3.63, 3.8) is 0 Å². The van der Waals surface area contributed by atoms with Crippen LogP contribution in [0.5, 0.6) is 23.0 Å². The van der Waals surface area contributed by atoms with E-state index in [1.807, 2.05) is 12.1 Å². The Kier molecular flexibility index (Phi) is 2.87. The Hall–Kier alpha value is -2.61. The van der Waals surface area contributed by atoms with Gasteiger partial charge in [-0.1, -0.05) is 0 Å². The van der Waals surface area contributed by atoms with E-state index < -0.39 is 17.9 Å². The highest BCUT2D eigenvalue weighted by Gasteiger charge is 2.47. The number of alkyl halides is 2. The summed E-state index contributed by atoms with van der Waals surface area (Å²) in [4.78, 5) is 2.23. The van der Waals surface area contributed by atoms with E-state index in [-0.39, 0.29) is 18.6 Å². The molecule has 4 aliphatic rings. The van der Waals surface area contributed by atoms with Crippen LogP contribution in [-0.4, -0.2) is 24.5 Å². The van der Waals surface area contributed by atoms with Crippen molar-refractivity contribution in [3.8, 4) is 23.0 Å². The summed E-state index contributed by atoms with van der Waals surface area (Å²) in [5.41, 5.74) is 3.28. The number of fused-ring (bicyclic) bond motifs is 6. The predicted molar refractivity (Wildman–Crippen MR) is 85.7 cm³/mol. The third kappa shape index (κ3) is 2.16. The van der Waals surface area contributed by atoms with Crippen LogP contribution in [-0.2, 0) is 19.4 Å². The van der Waals surface area contributed by atoms with Gasteiger partial charge in [0.1, 0.15) is 0 Å². The van der Waals surface area contributed by atoms with Crippen LogP contribution in [0.2, 0.25) is 0 Å². The molecule has 4 heterocycles. The average molecular weight is 377 g/mol. The zero-order chi connectivity index (χ0) is 18.3. The third-order valence-corrected chi connectivity index (χ3v) is 5.70. The molecule has 5 nitrogen and oxygen atoms in total. The molecule has 0 saturated carbocycles. The van der Waals surface area contributed by atoms with Crippen molar-refractivity contribution in [1.82, 2.24) is 4.90 Å². The average Bonchev–Trinajstić information content (AvgIpc) is 3.21. The van der Waals surface area contributed by atoms with Gasteiger partial charge < -0.3 is 18.9 Å². The number of nitrogens with zero attached hydrogens (tertiary/aromatic N) is 1. The van der Waals surface area contributed by atoms with Gasteiger partial charge in [-0.15, -0.1) is 8.78 Å². The second-order valence-electron chi connectivity index (χ2n) is 7.17. The van der Waals surface area contributed by atoms with Crippen LogP contribution in [0.25, 0.3) is 0 Å². The first-order valence-corrected chi connectivity index (χ1v) is 8.75. The number of ether oxygens (including phenoxy) is 4. The summed E-state index contributed by atoms with van der Waals surface area (Å²) in [7, 11) is 0. The van der Waals surface area contributed by atoms with Crippen LogP contribution in [0.15, 0.2) is 18.2 Å². The first-order valence-electron chi connectivity index (χ1n) is 8.75. The highest BCUT2D eigenvalue weighted by Crippen LogP contribution is 2.49. The largest absolute Gasteiger partial charge is 0.586 e. The SMILES string of the molecule is Fc1c2c(cc3c1OC(F)(F)O3)CN1CCc3cc4c(cc3[C@@H]1C2)OCO4. The first kappa shape index (κ1) is 15.4. The van der Waals surface area contributed by atoms with Gasteiger partial charge in [0.2, 0.25) is 12.5 Å². The predicted octanol–water partition coefficient (Wildman–Crippen LogP) is 3.53. The monoisotopic (exact) mass is 377 g/mol. The van der Waals surface area contributed by atoms with Crippen LogP contribution in [0.4, 0.5) is 13.2 Å². The molecule has 0 radical (unpaired) electrons. The smallest absolute Gasteiger partial charge is 0.454 e. The lowest BCUT2D eigenvalue weighted by Gasteiger charge is -2.41. The van der Waals surface area contributed by atoms with Gasteiger partial charge in [0.25, 0.3) is 0 Å². The molecule has 0 aliphatic carbocycles. The summed E-state index contributed by atoms with van der Waals surface area (Å²) in [5, 5.41) is 0. The number of rotatable bonds is 0. The van der Waals surface area contributed by atoms with Gasteiger partial charge in [-0.3, -0.25) is 4.90 Å². The van der Waals surface area contributed by atoms with Gasteiger partial charge in [0.15, 0.2) is 23.1 Å². The van der Waals surface area contributed by atoms with E-state index in [4.69, 9.17) is 9.47 Å². The van der Waals surface area contributed by atoms with Gasteiger partial charge in [-0.25, -0.2) is 4.39 Å². The molecule has 0 aromatic heterocycles. The molecule has 0 spiro atoms. The fourth-order valence-electron chi connectivity index (χ4n) is 4.48. The van der Waals surface area contributed by atoms with Crippen molar-refractivity contribution in [2.24, 2.45) is 0 Å². The van der Waals surface area contributed by atoms with E-state index in [1.54, 1.807) is 0 Å². The van der Waals surface area contributed by atoms with E-state index in [9.17, 15) is 13.2 Å². The maximum Gasteiger partial charge on any atom is 0.586 e. The van der Waals surface area contributed by atoms with Gasteiger partial charge >= 0.3 is 6.29 Å². The van der Waals surface area contributed by atoms with Crippen molar-refractivity contribution in [3.05, 3.63) is 46.3 Å². The first-order chi connectivity index (χ1) is 13.0. The fraction of sp³-hybridized carbons (Fsp3) is 0.368. The second kappa shape index (κ2) is 5.01. The van der Waals surface area contributed by atoms with E-state index in [0.29, 0.717) is 29.8 Å². The number of benzene rings is 2. The van der Waals surface area contributed by atoms with Gasteiger partial charge in [-0.2, -0.15) is 0 Å². The van der Waals surface area contributed by atoms with Crippen LogP contribution in [0.3, 0.4) is 0 Å². The fourth-order valence-corrected chi connectivity index (χ4v) is 4.48. The Labute approximate surface area is 152 Å². The van der Waals surface area contributed by atoms with Gasteiger partial charge in [0, 0.05) is 19.1 Å². The summed E-state index contributed by atoms with van der Waals surface area (Å²) in [6.07, 6.45) is -2.62.